The number of hydrogen-bond acceptors (Lipinski definition) is 3. The van der Waals surface area contributed by atoms with Gasteiger partial charge < -0.3 is 10.4 Å². The summed E-state index contributed by atoms with van der Waals surface area (Å²) in [6.45, 7) is 3.77. The summed E-state index contributed by atoms with van der Waals surface area (Å²) in [7, 11) is 0. The van der Waals surface area contributed by atoms with Crippen molar-refractivity contribution in [3.8, 4) is 0 Å². The second kappa shape index (κ2) is 8.54. The van der Waals surface area contributed by atoms with Crippen LogP contribution in [0.15, 0.2) is 60.7 Å². The van der Waals surface area contributed by atoms with Crippen LogP contribution >= 0.6 is 0 Å². The maximum atomic E-state index is 12.4. The lowest BCUT2D eigenvalue weighted by atomic mass is 9.55. The molecule has 23 heavy (non-hydrogen) atoms. The smallest absolute Gasteiger partial charge is 0.429 e. The lowest BCUT2D eigenvalue weighted by Gasteiger charge is -2.20. The molecule has 120 valence electrons. The Balaban J connectivity index is 2.17. The largest absolute Gasteiger partial charge is 0.525 e. The van der Waals surface area contributed by atoms with Crippen LogP contribution in [0.2, 0.25) is 0 Å². The summed E-state index contributed by atoms with van der Waals surface area (Å²) in [4.78, 5) is 12.4. The van der Waals surface area contributed by atoms with Crippen molar-refractivity contribution in [2.75, 3.05) is 0 Å². The summed E-state index contributed by atoms with van der Waals surface area (Å²) >= 11 is 0. The van der Waals surface area contributed by atoms with E-state index in [-0.39, 0.29) is 5.97 Å². The van der Waals surface area contributed by atoms with Crippen LogP contribution in [0.5, 0.6) is 0 Å². The summed E-state index contributed by atoms with van der Waals surface area (Å²) in [5.41, 5.74) is 7.92. The quantitative estimate of drug-likeness (QED) is 0.797. The first-order chi connectivity index (χ1) is 11.1. The van der Waals surface area contributed by atoms with Crippen molar-refractivity contribution in [3.05, 3.63) is 60.7 Å². The topological polar surface area (TPSA) is 52.3 Å². The summed E-state index contributed by atoms with van der Waals surface area (Å²) in [6.07, 6.45) is 1.65. The Labute approximate surface area is 139 Å². The molecule has 2 rings (SSSR count). The number of benzene rings is 2. The maximum Gasteiger partial charge on any atom is 0.429 e. The summed E-state index contributed by atoms with van der Waals surface area (Å²) in [5.74, 6) is 0.0625. The van der Waals surface area contributed by atoms with E-state index in [2.05, 4.69) is 13.8 Å². The molecule has 0 aliphatic rings. The molecule has 0 aliphatic heterocycles. The molecule has 0 heterocycles. The summed E-state index contributed by atoms with van der Waals surface area (Å²) in [5, 5.41) is 0. The SMILES string of the molecule is CCC(C)CC(N)C(=O)OB(c1ccccc1)c1ccccc1. The lowest BCUT2D eigenvalue weighted by molar-refractivity contribution is -0.136. The van der Waals surface area contributed by atoms with Crippen LogP contribution in [0.3, 0.4) is 0 Å². The van der Waals surface area contributed by atoms with Crippen molar-refractivity contribution in [2.24, 2.45) is 11.7 Å². The molecule has 0 amide bonds. The Morgan fingerprint density at radius 3 is 1.96 bits per heavy atom. The van der Waals surface area contributed by atoms with Gasteiger partial charge in [0.25, 0.3) is 0 Å². The van der Waals surface area contributed by atoms with Gasteiger partial charge in [-0.1, -0.05) is 80.9 Å². The third-order valence-corrected chi connectivity index (χ3v) is 4.09. The fourth-order valence-electron chi connectivity index (χ4n) is 2.48. The van der Waals surface area contributed by atoms with Gasteiger partial charge in [-0.3, -0.25) is 4.79 Å². The molecule has 0 fully saturated rings. The van der Waals surface area contributed by atoms with Crippen LogP contribution in [-0.4, -0.2) is 18.9 Å². The van der Waals surface area contributed by atoms with Gasteiger partial charge in [-0.25, -0.2) is 0 Å². The highest BCUT2D eigenvalue weighted by Crippen LogP contribution is 2.10. The molecule has 0 saturated carbocycles. The second-order valence-corrected chi connectivity index (χ2v) is 5.99. The Kier molecular flexibility index (Phi) is 6.42. The number of carbonyl (C=O) groups is 1. The van der Waals surface area contributed by atoms with E-state index in [9.17, 15) is 4.79 Å². The Morgan fingerprint density at radius 2 is 1.52 bits per heavy atom. The molecule has 0 bridgehead atoms. The Hall–Kier alpha value is -2.07. The molecule has 2 unspecified atom stereocenters. The molecule has 0 radical (unpaired) electrons. The van der Waals surface area contributed by atoms with Gasteiger partial charge in [-0.05, 0) is 23.3 Å². The zero-order valence-electron chi connectivity index (χ0n) is 13.8. The fourth-order valence-corrected chi connectivity index (χ4v) is 2.48. The standard InChI is InChI=1S/C19H24BNO2/c1-3-15(2)14-18(21)19(22)23-20(16-10-6-4-7-11-16)17-12-8-5-9-13-17/h4-13,15,18H,3,14,21H2,1-2H3. The van der Waals surface area contributed by atoms with E-state index in [0.29, 0.717) is 12.3 Å². The maximum absolute atomic E-state index is 12.4. The molecule has 0 aliphatic carbocycles. The first-order valence-electron chi connectivity index (χ1n) is 8.17. The third-order valence-electron chi connectivity index (χ3n) is 4.09. The van der Waals surface area contributed by atoms with Gasteiger partial charge in [0, 0.05) is 0 Å². The van der Waals surface area contributed by atoms with Gasteiger partial charge >= 0.3 is 12.9 Å². The normalized spacial score (nSPS) is 13.2. The minimum atomic E-state index is -0.583. The fraction of sp³-hybridized carbons (Fsp3) is 0.316. The third kappa shape index (κ3) is 4.97. The first-order valence-corrected chi connectivity index (χ1v) is 8.17. The number of carbonyl (C=O) groups excluding carboxylic acids is 1. The van der Waals surface area contributed by atoms with Crippen LogP contribution in [-0.2, 0) is 9.45 Å². The molecule has 0 aromatic heterocycles. The highest BCUT2D eigenvalue weighted by Gasteiger charge is 2.28. The zero-order chi connectivity index (χ0) is 16.7. The summed E-state index contributed by atoms with van der Waals surface area (Å²) < 4.78 is 5.77. The van der Waals surface area contributed by atoms with Crippen molar-refractivity contribution >= 4 is 23.8 Å². The molecule has 2 atom stereocenters. The van der Waals surface area contributed by atoms with E-state index < -0.39 is 13.0 Å². The number of nitrogens with two attached hydrogens (primary N) is 1. The zero-order valence-corrected chi connectivity index (χ0v) is 13.8. The van der Waals surface area contributed by atoms with Crippen molar-refractivity contribution in [2.45, 2.75) is 32.7 Å². The van der Waals surface area contributed by atoms with E-state index in [0.717, 1.165) is 17.3 Å². The van der Waals surface area contributed by atoms with Gasteiger partial charge in [0.05, 0.1) is 0 Å². The van der Waals surface area contributed by atoms with Gasteiger partial charge in [-0.2, -0.15) is 0 Å². The monoisotopic (exact) mass is 309 g/mol. The molecule has 2 N–H and O–H groups in total. The number of rotatable bonds is 7. The van der Waals surface area contributed by atoms with E-state index in [1.54, 1.807) is 0 Å². The first kappa shape index (κ1) is 17.3. The molecule has 2 aromatic carbocycles. The molecule has 4 heteroatoms. The lowest BCUT2D eigenvalue weighted by Crippen LogP contribution is -2.49. The van der Waals surface area contributed by atoms with Crippen LogP contribution in [0.25, 0.3) is 0 Å². The molecule has 0 spiro atoms. The van der Waals surface area contributed by atoms with E-state index in [1.165, 1.54) is 0 Å². The molecular formula is C19H24BNO2. The highest BCUT2D eigenvalue weighted by molar-refractivity contribution is 6.81. The average Bonchev–Trinajstić information content (AvgIpc) is 2.60. The molecule has 3 nitrogen and oxygen atoms in total. The molecule has 2 aromatic rings. The van der Waals surface area contributed by atoms with Gasteiger partial charge in [0.15, 0.2) is 0 Å². The van der Waals surface area contributed by atoms with Crippen LogP contribution in [0.4, 0.5) is 0 Å². The second-order valence-electron chi connectivity index (χ2n) is 5.99. The summed E-state index contributed by atoms with van der Waals surface area (Å²) in [6, 6.07) is 18.9. The Morgan fingerprint density at radius 1 is 1.04 bits per heavy atom. The predicted octanol–water partition coefficient (Wildman–Crippen LogP) is 2.10. The average molecular weight is 309 g/mol. The van der Waals surface area contributed by atoms with Crippen LogP contribution < -0.4 is 16.7 Å². The highest BCUT2D eigenvalue weighted by atomic mass is 16.5. The molecule has 0 saturated heterocycles. The van der Waals surface area contributed by atoms with E-state index >= 15 is 0 Å². The van der Waals surface area contributed by atoms with Crippen molar-refractivity contribution in [1.29, 1.82) is 0 Å². The van der Waals surface area contributed by atoms with Crippen molar-refractivity contribution < 1.29 is 9.45 Å². The van der Waals surface area contributed by atoms with Crippen molar-refractivity contribution in [1.82, 2.24) is 0 Å². The minimum absolute atomic E-state index is 0.344. The van der Waals surface area contributed by atoms with E-state index in [1.807, 2.05) is 60.7 Å². The number of hydrogen-bond donors (Lipinski definition) is 1. The van der Waals surface area contributed by atoms with Crippen molar-refractivity contribution in [3.63, 3.8) is 0 Å². The van der Waals surface area contributed by atoms with Crippen LogP contribution in [0.1, 0.15) is 26.7 Å². The van der Waals surface area contributed by atoms with Crippen LogP contribution in [0, 0.1) is 5.92 Å². The van der Waals surface area contributed by atoms with Gasteiger partial charge in [-0.15, -0.1) is 0 Å². The van der Waals surface area contributed by atoms with E-state index in [4.69, 9.17) is 10.4 Å². The minimum Gasteiger partial charge on any atom is -0.525 e. The Bertz CT molecular complexity index is 564. The van der Waals surface area contributed by atoms with Gasteiger partial charge in [0.1, 0.15) is 6.04 Å². The molecular weight excluding hydrogens is 285 g/mol. The predicted molar refractivity (Wildman–Crippen MR) is 96.0 cm³/mol. The van der Waals surface area contributed by atoms with Gasteiger partial charge in [0.2, 0.25) is 0 Å².